The average molecular weight is 212 g/mol. The van der Waals surface area contributed by atoms with Crippen LogP contribution in [0, 0.1) is 0 Å². The van der Waals surface area contributed by atoms with Crippen molar-refractivity contribution in [3.05, 3.63) is 17.0 Å². The van der Waals surface area contributed by atoms with Crippen molar-refractivity contribution in [1.82, 2.24) is 9.78 Å². The number of carbonyl (C=O) groups is 1. The minimum absolute atomic E-state index is 0.252. The number of thioether (sulfide) groups is 1. The van der Waals surface area contributed by atoms with Crippen LogP contribution in [0.25, 0.3) is 0 Å². The Morgan fingerprint density at radius 3 is 3.14 bits per heavy atom. The van der Waals surface area contributed by atoms with E-state index in [4.69, 9.17) is 5.11 Å². The van der Waals surface area contributed by atoms with Crippen LogP contribution in [0.4, 0.5) is 0 Å². The number of aromatic nitrogens is 2. The Morgan fingerprint density at radius 1 is 1.71 bits per heavy atom. The van der Waals surface area contributed by atoms with Gasteiger partial charge in [0, 0.05) is 17.9 Å². The molecule has 0 atom stereocenters. The number of hydrogen-bond acceptors (Lipinski definition) is 3. The summed E-state index contributed by atoms with van der Waals surface area (Å²) in [5, 5.41) is 13.1. The highest BCUT2D eigenvalue weighted by Gasteiger charge is 2.23. The first-order valence-corrected chi connectivity index (χ1v) is 5.79. The Morgan fingerprint density at radius 2 is 2.50 bits per heavy atom. The molecule has 0 aromatic carbocycles. The van der Waals surface area contributed by atoms with Gasteiger partial charge in [0.2, 0.25) is 0 Å². The summed E-state index contributed by atoms with van der Waals surface area (Å²) in [5.74, 6) is 0.993. The molecule has 0 bridgehead atoms. The van der Waals surface area contributed by atoms with Crippen LogP contribution in [0.3, 0.4) is 0 Å². The van der Waals surface area contributed by atoms with Crippen molar-refractivity contribution in [1.29, 1.82) is 0 Å². The zero-order valence-electron chi connectivity index (χ0n) is 7.99. The van der Waals surface area contributed by atoms with Crippen LogP contribution in [-0.2, 0) is 18.7 Å². The molecule has 4 nitrogen and oxygen atoms in total. The smallest absolute Gasteiger partial charge is 0.356 e. The summed E-state index contributed by atoms with van der Waals surface area (Å²) >= 11 is 1.84. The lowest BCUT2D eigenvalue weighted by Gasteiger charge is -2.12. The first kappa shape index (κ1) is 9.58. The van der Waals surface area contributed by atoms with Crippen molar-refractivity contribution >= 4 is 17.7 Å². The third kappa shape index (κ3) is 1.41. The highest BCUT2D eigenvalue weighted by atomic mass is 32.2. The standard InChI is InChI=1S/C9H12N2O2S/c1-2-11-7-5-14-4-3-6(7)8(10-11)9(12)13/h2-5H2,1H3,(H,12,13). The van der Waals surface area contributed by atoms with Gasteiger partial charge in [0.1, 0.15) is 0 Å². The Balaban J connectivity index is 2.52. The quantitative estimate of drug-likeness (QED) is 0.805. The van der Waals surface area contributed by atoms with Gasteiger partial charge in [-0.25, -0.2) is 4.79 Å². The molecule has 1 N–H and O–H groups in total. The molecule has 0 fully saturated rings. The lowest BCUT2D eigenvalue weighted by Crippen LogP contribution is -2.08. The summed E-state index contributed by atoms with van der Waals surface area (Å²) in [5.41, 5.74) is 2.29. The molecular weight excluding hydrogens is 200 g/mol. The molecule has 0 spiro atoms. The fraction of sp³-hybridized carbons (Fsp3) is 0.556. The van der Waals surface area contributed by atoms with Gasteiger partial charge in [0.15, 0.2) is 5.69 Å². The molecule has 0 saturated carbocycles. The van der Waals surface area contributed by atoms with Gasteiger partial charge >= 0.3 is 5.97 Å². The molecule has 0 aliphatic carbocycles. The third-order valence-electron chi connectivity index (χ3n) is 2.40. The molecule has 14 heavy (non-hydrogen) atoms. The molecule has 5 heteroatoms. The molecule has 0 radical (unpaired) electrons. The maximum Gasteiger partial charge on any atom is 0.356 e. The normalized spacial score (nSPS) is 15.2. The number of aryl methyl sites for hydroxylation is 1. The van der Waals surface area contributed by atoms with Crippen LogP contribution in [0.5, 0.6) is 0 Å². The second-order valence-corrected chi connectivity index (χ2v) is 4.30. The van der Waals surface area contributed by atoms with Crippen molar-refractivity contribution in [3.8, 4) is 0 Å². The highest BCUT2D eigenvalue weighted by Crippen LogP contribution is 2.27. The number of carboxylic acid groups (broad SMARTS) is 1. The van der Waals surface area contributed by atoms with Gasteiger partial charge in [-0.3, -0.25) is 4.68 Å². The van der Waals surface area contributed by atoms with E-state index in [9.17, 15) is 4.79 Å². The fourth-order valence-corrected chi connectivity index (χ4v) is 2.74. The van der Waals surface area contributed by atoms with E-state index >= 15 is 0 Å². The summed E-state index contributed by atoms with van der Waals surface area (Å²) in [6.45, 7) is 2.73. The molecule has 0 saturated heterocycles. The van der Waals surface area contributed by atoms with Crippen LogP contribution >= 0.6 is 11.8 Å². The number of nitrogens with zero attached hydrogens (tertiary/aromatic N) is 2. The van der Waals surface area contributed by atoms with Gasteiger partial charge in [-0.05, 0) is 19.1 Å². The molecule has 0 amide bonds. The van der Waals surface area contributed by atoms with E-state index in [2.05, 4.69) is 5.10 Å². The minimum atomic E-state index is -0.902. The second-order valence-electron chi connectivity index (χ2n) is 3.20. The maximum atomic E-state index is 10.9. The first-order chi connectivity index (χ1) is 6.74. The Bertz CT molecular complexity index is 373. The lowest BCUT2D eigenvalue weighted by atomic mass is 10.1. The molecule has 1 aliphatic heterocycles. The molecule has 2 heterocycles. The molecular formula is C9H12N2O2S. The van der Waals surface area contributed by atoms with Gasteiger partial charge in [-0.15, -0.1) is 0 Å². The zero-order valence-corrected chi connectivity index (χ0v) is 8.80. The van der Waals surface area contributed by atoms with Crippen molar-refractivity contribution in [2.24, 2.45) is 0 Å². The largest absolute Gasteiger partial charge is 0.476 e. The fourth-order valence-electron chi connectivity index (χ4n) is 1.73. The van der Waals surface area contributed by atoms with E-state index in [-0.39, 0.29) is 5.69 Å². The predicted octanol–water partition coefficient (Wildman–Crippen LogP) is 1.39. The highest BCUT2D eigenvalue weighted by molar-refractivity contribution is 7.98. The van der Waals surface area contributed by atoms with Crippen LogP contribution in [-0.4, -0.2) is 26.6 Å². The maximum absolute atomic E-state index is 10.9. The molecule has 1 aliphatic rings. The van der Waals surface area contributed by atoms with Crippen molar-refractivity contribution in [3.63, 3.8) is 0 Å². The van der Waals surface area contributed by atoms with E-state index in [0.29, 0.717) is 0 Å². The van der Waals surface area contributed by atoms with E-state index < -0.39 is 5.97 Å². The SMILES string of the molecule is CCn1nc(C(=O)O)c2c1CSCC2. The molecule has 0 unspecified atom stereocenters. The van der Waals surface area contributed by atoms with Crippen LogP contribution in [0.2, 0.25) is 0 Å². The molecule has 1 aromatic rings. The summed E-state index contributed by atoms with van der Waals surface area (Å²) in [4.78, 5) is 10.9. The third-order valence-corrected chi connectivity index (χ3v) is 3.37. The topological polar surface area (TPSA) is 55.1 Å². The number of fused-ring (bicyclic) bond motifs is 1. The molecule has 76 valence electrons. The van der Waals surface area contributed by atoms with Crippen molar-refractivity contribution < 1.29 is 9.90 Å². The average Bonchev–Trinajstić information content (AvgIpc) is 2.56. The van der Waals surface area contributed by atoms with Crippen LogP contribution in [0.1, 0.15) is 28.7 Å². The number of carboxylic acids is 1. The minimum Gasteiger partial charge on any atom is -0.476 e. The van der Waals surface area contributed by atoms with Crippen molar-refractivity contribution in [2.75, 3.05) is 5.75 Å². The van der Waals surface area contributed by atoms with Gasteiger partial charge in [0.05, 0.1) is 5.69 Å². The van der Waals surface area contributed by atoms with Crippen molar-refractivity contribution in [2.45, 2.75) is 25.6 Å². The molecule has 1 aromatic heterocycles. The Labute approximate surface area is 86.3 Å². The second kappa shape index (κ2) is 3.65. The zero-order chi connectivity index (χ0) is 10.1. The Hall–Kier alpha value is -0.970. The number of hydrogen-bond donors (Lipinski definition) is 1. The monoisotopic (exact) mass is 212 g/mol. The first-order valence-electron chi connectivity index (χ1n) is 4.63. The summed E-state index contributed by atoms with van der Waals surface area (Å²) in [6, 6.07) is 0. The van der Waals surface area contributed by atoms with Gasteiger partial charge in [0.25, 0.3) is 0 Å². The van der Waals surface area contributed by atoms with E-state index in [0.717, 1.165) is 35.7 Å². The number of rotatable bonds is 2. The van der Waals surface area contributed by atoms with E-state index in [1.54, 1.807) is 0 Å². The number of aromatic carboxylic acids is 1. The Kier molecular flexibility index (Phi) is 2.50. The molecule has 2 rings (SSSR count). The summed E-state index contributed by atoms with van der Waals surface area (Å²) in [6.07, 6.45) is 0.835. The van der Waals surface area contributed by atoms with Gasteiger partial charge in [-0.1, -0.05) is 0 Å². The van der Waals surface area contributed by atoms with E-state index in [1.807, 2.05) is 23.4 Å². The summed E-state index contributed by atoms with van der Waals surface area (Å²) < 4.78 is 1.81. The lowest BCUT2D eigenvalue weighted by molar-refractivity contribution is 0.0688. The predicted molar refractivity (Wildman–Crippen MR) is 54.7 cm³/mol. The van der Waals surface area contributed by atoms with Crippen LogP contribution in [0.15, 0.2) is 0 Å². The van der Waals surface area contributed by atoms with Crippen LogP contribution < -0.4 is 0 Å². The summed E-state index contributed by atoms with van der Waals surface area (Å²) in [7, 11) is 0. The van der Waals surface area contributed by atoms with E-state index in [1.165, 1.54) is 0 Å². The van der Waals surface area contributed by atoms with Gasteiger partial charge in [-0.2, -0.15) is 16.9 Å². The van der Waals surface area contributed by atoms with Gasteiger partial charge < -0.3 is 5.11 Å².